The molecule has 0 unspecified atom stereocenters. The van der Waals surface area contributed by atoms with E-state index in [4.69, 9.17) is 125 Å². The molecule has 41 heteroatoms. The smallest absolute Gasteiger partial charge is 0.307 e. The molecule has 4 fully saturated rings. The molecule has 0 saturated carbocycles. The van der Waals surface area contributed by atoms with Gasteiger partial charge in [-0.2, -0.15) is 0 Å². The maximum absolute atomic E-state index is 13.8. The first-order valence-electron chi connectivity index (χ1n) is 40.4. The van der Waals surface area contributed by atoms with E-state index in [9.17, 15) is 76.7 Å². The Morgan fingerprint density at radius 3 is 0.584 bits per heavy atom. The van der Waals surface area contributed by atoms with Crippen molar-refractivity contribution in [3.63, 3.8) is 0 Å². The van der Waals surface area contributed by atoms with Crippen molar-refractivity contribution in [2.75, 3.05) is 145 Å². The van der Waals surface area contributed by atoms with Crippen molar-refractivity contribution in [1.82, 2.24) is 21.3 Å². The molecule has 4 saturated heterocycles. The minimum Gasteiger partial charge on any atom is -0.465 e. The molecule has 4 N–H and O–H groups in total. The number of terminal acetylenes is 4. The van der Waals surface area contributed by atoms with Gasteiger partial charge in [-0.05, 0) is 68.2 Å². The number of hydrogen-bond acceptors (Lipinski definition) is 37. The lowest BCUT2D eigenvalue weighted by Crippen LogP contribution is -2.63. The molecule has 0 aromatic carbocycles. The molecule has 0 atom stereocenters. The Kier molecular flexibility index (Phi) is 44.2. The third-order valence-electron chi connectivity index (χ3n) is 19.3. The average molecular weight is 1780 g/mol. The Balaban J connectivity index is 1.59. The van der Waals surface area contributed by atoms with E-state index in [1.165, 1.54) is 0 Å². The van der Waals surface area contributed by atoms with Gasteiger partial charge in [-0.1, -0.05) is 37.5 Å². The van der Waals surface area contributed by atoms with Gasteiger partial charge in [-0.3, -0.25) is 76.7 Å². The van der Waals surface area contributed by atoms with Crippen LogP contribution in [0.2, 0.25) is 0 Å². The Morgan fingerprint density at radius 1 is 0.256 bits per heavy atom. The molecule has 4 aliphatic rings. The highest BCUT2D eigenvalue weighted by Gasteiger charge is 2.48. The quantitative estimate of drug-likeness (QED) is 0.0382. The summed E-state index contributed by atoms with van der Waals surface area (Å²) in [5, 5.41) is 10.8. The van der Waals surface area contributed by atoms with Crippen LogP contribution in [0.4, 0.5) is 0 Å². The van der Waals surface area contributed by atoms with E-state index < -0.39 is 269 Å². The van der Waals surface area contributed by atoms with E-state index in [0.717, 1.165) is 0 Å². The predicted molar refractivity (Wildman–Crippen MR) is 424 cm³/mol. The van der Waals surface area contributed by atoms with Gasteiger partial charge >= 0.3 is 71.6 Å². The van der Waals surface area contributed by atoms with Crippen LogP contribution < -0.4 is 21.3 Å². The second-order valence-corrected chi connectivity index (χ2v) is 32.2. The van der Waals surface area contributed by atoms with Crippen LogP contribution in [0.3, 0.4) is 0 Å². The standard InChI is InChI=1S/C84H118N4O37/c1-15-37-106-63(93)25-21-59(89)85-81(51-118-75(7,8)119-52-81)47-114-71(101)33-29-67(97)110-43-79(19-5,44-111-68(98)30-34-72(102)115-48-82(53-120-76(9,10)121-54-82)86-60(90)22-26-64(94)107-38-16-2)41-105-42-80(20-6,45-112-69(99)31-35-73(103)116-49-83(55-122-77(11,12)123-56-83)87-61(91)23-27-65(95)108-39-17-3)46-113-70(100)32-36-74(104)117-50-84(57-124-78(13,14)125-58-84)88-62(92)24-28-66(96)109-40-18-4/h1-4H,19-58H2,5-14H3,(H,85,89)(H,86,90)(H,87,91)(H,88,92). The Labute approximate surface area is 725 Å². The minimum absolute atomic E-state index is 0.0278. The van der Waals surface area contributed by atoms with Crippen molar-refractivity contribution in [3.05, 3.63) is 0 Å². The number of esters is 12. The maximum atomic E-state index is 13.8. The lowest BCUT2D eigenvalue weighted by molar-refractivity contribution is -0.275. The van der Waals surface area contributed by atoms with Crippen molar-refractivity contribution < 1.29 is 176 Å². The van der Waals surface area contributed by atoms with Crippen LogP contribution in [-0.4, -0.2) is 286 Å². The van der Waals surface area contributed by atoms with E-state index in [1.54, 1.807) is 69.2 Å². The molecule has 125 heavy (non-hydrogen) atoms. The zero-order valence-electron chi connectivity index (χ0n) is 72.7. The van der Waals surface area contributed by atoms with Crippen LogP contribution >= 0.6 is 0 Å². The first-order chi connectivity index (χ1) is 58.9. The summed E-state index contributed by atoms with van der Waals surface area (Å²) in [6.45, 7) is 7.72. The van der Waals surface area contributed by atoms with Gasteiger partial charge in [0.05, 0.1) is 154 Å². The molecule has 0 spiro atoms. The summed E-state index contributed by atoms with van der Waals surface area (Å²) >= 11 is 0. The summed E-state index contributed by atoms with van der Waals surface area (Å²) in [7, 11) is 0. The Morgan fingerprint density at radius 2 is 0.416 bits per heavy atom. The van der Waals surface area contributed by atoms with Crippen molar-refractivity contribution in [2.45, 2.75) is 230 Å². The molecular formula is C84H118N4O37. The number of hydrogen-bond donors (Lipinski definition) is 4. The summed E-state index contributed by atoms with van der Waals surface area (Å²) in [4.78, 5) is 210. The topological polar surface area (TPSA) is 515 Å². The number of carbonyl (C=O) groups is 16. The van der Waals surface area contributed by atoms with Gasteiger partial charge in [0.15, 0.2) is 49.6 Å². The SMILES string of the molecule is C#CCOC(=O)CCC(=O)NC1(COC(=O)CCC(=O)OCC(CC)(COCC(CC)(COC(=O)CCC(=O)OCC2(NC(=O)CCC(=O)OCC#C)COC(C)(C)OC2)COC(=O)CCC(=O)OCC2(NC(=O)CCC(=O)OCC#C)COC(C)(C)OC2)COC(=O)CCC(=O)OCC2(NC(=O)CCC(=O)OCC#C)COC(C)(C)OC2)COC(C)(C)OC1. The number of rotatable bonds is 54. The van der Waals surface area contributed by atoms with Crippen molar-refractivity contribution in [3.8, 4) is 49.4 Å². The summed E-state index contributed by atoms with van der Waals surface area (Å²) < 4.78 is 117. The fourth-order valence-corrected chi connectivity index (χ4v) is 11.2. The normalized spacial score (nSPS) is 17.1. The van der Waals surface area contributed by atoms with Gasteiger partial charge in [0.1, 0.15) is 75.0 Å². The third-order valence-corrected chi connectivity index (χ3v) is 19.3. The van der Waals surface area contributed by atoms with Gasteiger partial charge in [0.2, 0.25) is 23.6 Å². The first-order valence-corrected chi connectivity index (χ1v) is 40.4. The summed E-state index contributed by atoms with van der Waals surface area (Å²) in [5.74, 6) is -9.09. The van der Waals surface area contributed by atoms with Crippen LogP contribution in [0.15, 0.2) is 0 Å². The largest absolute Gasteiger partial charge is 0.465 e. The molecular weight excluding hydrogens is 1660 g/mol. The molecule has 0 aliphatic carbocycles. The van der Waals surface area contributed by atoms with Gasteiger partial charge in [0, 0.05) is 25.7 Å². The molecule has 4 aliphatic heterocycles. The predicted octanol–water partition coefficient (Wildman–Crippen LogP) is 1.64. The second-order valence-electron chi connectivity index (χ2n) is 32.2. The van der Waals surface area contributed by atoms with Crippen LogP contribution in [0.25, 0.3) is 0 Å². The maximum Gasteiger partial charge on any atom is 0.307 e. The van der Waals surface area contributed by atoms with E-state index in [0.29, 0.717) is 0 Å². The Hall–Kier alpha value is -10.6. The zero-order chi connectivity index (χ0) is 93.0. The monoisotopic (exact) mass is 1770 g/mol. The van der Waals surface area contributed by atoms with E-state index >= 15 is 0 Å². The highest BCUT2D eigenvalue weighted by Crippen LogP contribution is 2.33. The molecule has 4 amide bonds. The van der Waals surface area contributed by atoms with E-state index in [-0.39, 0.29) is 143 Å². The third kappa shape index (κ3) is 41.8. The number of nitrogens with one attached hydrogen (secondary N) is 4. The fraction of sp³-hybridized carbons (Fsp3) is 0.714. The van der Waals surface area contributed by atoms with Crippen molar-refractivity contribution in [1.29, 1.82) is 0 Å². The van der Waals surface area contributed by atoms with Crippen LogP contribution in [0.5, 0.6) is 0 Å². The Bertz CT molecular complexity index is 3380. The van der Waals surface area contributed by atoms with Gasteiger partial charge in [-0.25, -0.2) is 0 Å². The summed E-state index contributed by atoms with van der Waals surface area (Å²) in [5.41, 5.74) is -8.89. The zero-order valence-corrected chi connectivity index (χ0v) is 72.7. The van der Waals surface area contributed by atoms with E-state index in [2.05, 4.69) is 44.9 Å². The lowest BCUT2D eigenvalue weighted by atomic mass is 9.86. The van der Waals surface area contributed by atoms with Crippen LogP contribution in [-0.2, 0) is 176 Å². The van der Waals surface area contributed by atoms with Crippen LogP contribution in [0, 0.1) is 60.2 Å². The molecule has 4 rings (SSSR count). The van der Waals surface area contributed by atoms with Crippen molar-refractivity contribution in [2.24, 2.45) is 10.8 Å². The number of ether oxygens (including phenoxy) is 21. The van der Waals surface area contributed by atoms with Gasteiger partial charge in [-0.15, -0.1) is 25.7 Å². The van der Waals surface area contributed by atoms with Crippen LogP contribution in [0.1, 0.15) is 185 Å². The molecule has 0 bridgehead atoms. The fourth-order valence-electron chi connectivity index (χ4n) is 11.2. The second kappa shape index (κ2) is 51.7. The summed E-state index contributed by atoms with van der Waals surface area (Å²) in [6, 6.07) is 0. The first kappa shape index (κ1) is 107. The van der Waals surface area contributed by atoms with E-state index in [1.807, 2.05) is 0 Å². The number of carbonyl (C=O) groups excluding carboxylic acids is 16. The van der Waals surface area contributed by atoms with Gasteiger partial charge < -0.3 is 121 Å². The average Bonchev–Trinajstić information content (AvgIpc) is 0.818. The molecule has 0 aromatic rings. The molecule has 4 heterocycles. The highest BCUT2D eigenvalue weighted by atomic mass is 16.7. The lowest BCUT2D eigenvalue weighted by Gasteiger charge is -2.43. The number of amides is 4. The molecule has 41 nitrogen and oxygen atoms in total. The molecule has 696 valence electrons. The molecule has 0 radical (unpaired) electrons. The van der Waals surface area contributed by atoms with Gasteiger partial charge in [0.25, 0.3) is 0 Å². The minimum atomic E-state index is -1.53. The highest BCUT2D eigenvalue weighted by molar-refractivity contribution is 5.85. The molecule has 0 aromatic heterocycles. The van der Waals surface area contributed by atoms with Crippen molar-refractivity contribution >= 4 is 95.3 Å². The summed E-state index contributed by atoms with van der Waals surface area (Å²) in [6.07, 6.45) is 13.0.